The van der Waals surface area contributed by atoms with Gasteiger partial charge in [-0.05, 0) is 35.5 Å². The van der Waals surface area contributed by atoms with E-state index < -0.39 is 0 Å². The molecule has 0 rings (SSSR count). The van der Waals surface area contributed by atoms with Crippen LogP contribution in [0.3, 0.4) is 0 Å². The summed E-state index contributed by atoms with van der Waals surface area (Å²) in [6.45, 7) is 28.3. The Hall–Kier alpha value is -0.260. The Bertz CT molecular complexity index is 324. The van der Waals surface area contributed by atoms with E-state index in [9.17, 15) is 0 Å². The average Bonchev–Trinajstić information content (AvgIpc) is 2.11. The molecule has 0 saturated heterocycles. The first-order valence-corrected chi connectivity index (χ1v) is 7.25. The van der Waals surface area contributed by atoms with Gasteiger partial charge < -0.3 is 0 Å². The smallest absolute Gasteiger partial charge is 0.00885 e. The number of rotatable bonds is 2. The third kappa shape index (κ3) is 3.00. The van der Waals surface area contributed by atoms with Crippen LogP contribution in [0, 0.1) is 21.7 Å². The summed E-state index contributed by atoms with van der Waals surface area (Å²) in [6, 6.07) is 0. The highest BCUT2D eigenvalue weighted by Gasteiger charge is 2.46. The Morgan fingerprint density at radius 2 is 0.889 bits per heavy atom. The molecule has 108 valence electrons. The fourth-order valence-corrected chi connectivity index (χ4v) is 2.44. The van der Waals surface area contributed by atoms with E-state index in [0.717, 1.165) is 0 Å². The summed E-state index contributed by atoms with van der Waals surface area (Å²) in [4.78, 5) is 0. The maximum absolute atomic E-state index is 2.41. The number of hydrogen-bond donors (Lipinski definition) is 0. The second-order valence-electron chi connectivity index (χ2n) is 9.00. The molecule has 0 spiro atoms. The number of hydrogen-bond acceptors (Lipinski definition) is 0. The SMILES string of the molecule is CC(=C(C)C(C)(C)C(C)(C)C(C)(C)C)C(C)(C)C. The van der Waals surface area contributed by atoms with Crippen LogP contribution in [0.1, 0.15) is 83.1 Å². The molecule has 0 aliphatic heterocycles. The molecule has 0 atom stereocenters. The van der Waals surface area contributed by atoms with Crippen LogP contribution in [0.25, 0.3) is 0 Å². The summed E-state index contributed by atoms with van der Waals surface area (Å²) >= 11 is 0. The van der Waals surface area contributed by atoms with Gasteiger partial charge in [-0.2, -0.15) is 0 Å². The molecular formula is C18H36. The minimum atomic E-state index is 0.197. The Morgan fingerprint density at radius 3 is 1.11 bits per heavy atom. The fourth-order valence-electron chi connectivity index (χ4n) is 2.44. The van der Waals surface area contributed by atoms with E-state index in [4.69, 9.17) is 0 Å². The largest absolute Gasteiger partial charge is 0.0685 e. The average molecular weight is 252 g/mol. The summed E-state index contributed by atoms with van der Waals surface area (Å²) in [5.74, 6) is 0. The zero-order valence-corrected chi connectivity index (χ0v) is 15.0. The van der Waals surface area contributed by atoms with Crippen LogP contribution in [-0.2, 0) is 0 Å². The van der Waals surface area contributed by atoms with E-state index >= 15 is 0 Å². The zero-order chi connectivity index (χ0) is 15.2. The molecule has 0 nitrogen and oxygen atoms in total. The van der Waals surface area contributed by atoms with Crippen LogP contribution >= 0.6 is 0 Å². The second-order valence-corrected chi connectivity index (χ2v) is 9.00. The highest BCUT2D eigenvalue weighted by molar-refractivity contribution is 5.25. The van der Waals surface area contributed by atoms with Crippen molar-refractivity contribution in [2.24, 2.45) is 21.7 Å². The van der Waals surface area contributed by atoms with Crippen molar-refractivity contribution in [2.45, 2.75) is 83.1 Å². The third-order valence-electron chi connectivity index (χ3n) is 6.06. The lowest BCUT2D eigenvalue weighted by Gasteiger charge is -2.52. The molecule has 0 heterocycles. The highest BCUT2D eigenvalue weighted by Crippen LogP contribution is 2.55. The first-order chi connectivity index (χ1) is 7.57. The third-order valence-corrected chi connectivity index (χ3v) is 6.06. The van der Waals surface area contributed by atoms with Crippen LogP contribution in [0.4, 0.5) is 0 Å². The summed E-state index contributed by atoms with van der Waals surface area (Å²) in [5, 5.41) is 0. The van der Waals surface area contributed by atoms with Crippen molar-refractivity contribution in [2.75, 3.05) is 0 Å². The van der Waals surface area contributed by atoms with E-state index in [1.54, 1.807) is 5.57 Å². The molecule has 0 radical (unpaired) electrons. The first kappa shape index (κ1) is 17.7. The normalized spacial score (nSPS) is 16.7. The predicted molar refractivity (Wildman–Crippen MR) is 84.8 cm³/mol. The van der Waals surface area contributed by atoms with Crippen LogP contribution in [0.15, 0.2) is 11.1 Å². The molecule has 0 aromatic rings. The van der Waals surface area contributed by atoms with Gasteiger partial charge in [-0.25, -0.2) is 0 Å². The summed E-state index contributed by atoms with van der Waals surface area (Å²) in [7, 11) is 0. The Kier molecular flexibility index (Phi) is 4.62. The fraction of sp³-hybridized carbons (Fsp3) is 0.889. The molecular weight excluding hydrogens is 216 g/mol. The standard InChI is InChI=1S/C18H36/c1-13(15(3,4)5)14(2)17(9,10)18(11,12)16(6,7)8/h1-12H3. The quantitative estimate of drug-likeness (QED) is 0.494. The van der Waals surface area contributed by atoms with Gasteiger partial charge in [0.15, 0.2) is 0 Å². The van der Waals surface area contributed by atoms with Gasteiger partial charge in [0, 0.05) is 0 Å². The molecule has 0 aromatic carbocycles. The van der Waals surface area contributed by atoms with Crippen LogP contribution in [-0.4, -0.2) is 0 Å². The summed E-state index contributed by atoms with van der Waals surface area (Å²) < 4.78 is 0. The van der Waals surface area contributed by atoms with Crippen molar-refractivity contribution in [3.8, 4) is 0 Å². The lowest BCUT2D eigenvalue weighted by molar-refractivity contribution is 0.0164. The molecule has 0 N–H and O–H groups in total. The van der Waals surface area contributed by atoms with Crippen molar-refractivity contribution in [1.82, 2.24) is 0 Å². The van der Waals surface area contributed by atoms with E-state index in [2.05, 4.69) is 83.1 Å². The molecule has 0 aliphatic rings. The Labute approximate surface area is 116 Å². The van der Waals surface area contributed by atoms with Crippen molar-refractivity contribution in [3.05, 3.63) is 11.1 Å². The van der Waals surface area contributed by atoms with Gasteiger partial charge in [0.1, 0.15) is 0 Å². The molecule has 0 aromatic heterocycles. The highest BCUT2D eigenvalue weighted by atomic mass is 14.5. The molecule has 0 fully saturated rings. The summed E-state index contributed by atoms with van der Waals surface area (Å²) in [5.41, 5.74) is 4.07. The van der Waals surface area contributed by atoms with Crippen LogP contribution < -0.4 is 0 Å². The van der Waals surface area contributed by atoms with E-state index in [1.165, 1.54) is 5.57 Å². The minimum absolute atomic E-state index is 0.197. The summed E-state index contributed by atoms with van der Waals surface area (Å²) in [6.07, 6.45) is 0. The minimum Gasteiger partial charge on any atom is -0.0685 e. The van der Waals surface area contributed by atoms with Gasteiger partial charge in [-0.3, -0.25) is 0 Å². The predicted octanol–water partition coefficient (Wildman–Crippen LogP) is 6.47. The van der Waals surface area contributed by atoms with Crippen LogP contribution in [0.2, 0.25) is 0 Å². The van der Waals surface area contributed by atoms with Gasteiger partial charge in [0.25, 0.3) is 0 Å². The molecule has 0 unspecified atom stereocenters. The van der Waals surface area contributed by atoms with Gasteiger partial charge in [0.2, 0.25) is 0 Å². The second kappa shape index (κ2) is 4.69. The molecule has 18 heavy (non-hydrogen) atoms. The van der Waals surface area contributed by atoms with Crippen molar-refractivity contribution in [3.63, 3.8) is 0 Å². The van der Waals surface area contributed by atoms with E-state index in [0.29, 0.717) is 0 Å². The Balaban J connectivity index is 5.83. The maximum Gasteiger partial charge on any atom is -0.00885 e. The van der Waals surface area contributed by atoms with Crippen molar-refractivity contribution < 1.29 is 0 Å². The van der Waals surface area contributed by atoms with Crippen molar-refractivity contribution in [1.29, 1.82) is 0 Å². The first-order valence-electron chi connectivity index (χ1n) is 7.25. The molecule has 0 heteroatoms. The topological polar surface area (TPSA) is 0 Å². The lowest BCUT2D eigenvalue weighted by atomic mass is 9.52. The van der Waals surface area contributed by atoms with Crippen LogP contribution in [0.5, 0.6) is 0 Å². The molecule has 0 amide bonds. The van der Waals surface area contributed by atoms with Crippen molar-refractivity contribution >= 4 is 0 Å². The van der Waals surface area contributed by atoms with Gasteiger partial charge in [0.05, 0.1) is 0 Å². The van der Waals surface area contributed by atoms with Gasteiger partial charge in [-0.1, -0.05) is 80.4 Å². The van der Waals surface area contributed by atoms with E-state index in [1.807, 2.05) is 0 Å². The maximum atomic E-state index is 2.41. The van der Waals surface area contributed by atoms with Gasteiger partial charge >= 0.3 is 0 Å². The monoisotopic (exact) mass is 252 g/mol. The van der Waals surface area contributed by atoms with E-state index in [-0.39, 0.29) is 21.7 Å². The van der Waals surface area contributed by atoms with Gasteiger partial charge in [-0.15, -0.1) is 0 Å². The molecule has 0 aliphatic carbocycles. The molecule has 0 bridgehead atoms. The number of allylic oxidation sites excluding steroid dienone is 2. The molecule has 0 saturated carbocycles. The lowest BCUT2D eigenvalue weighted by Crippen LogP contribution is -2.44. The Morgan fingerprint density at radius 1 is 0.556 bits per heavy atom. The zero-order valence-electron chi connectivity index (χ0n) is 15.0.